The van der Waals surface area contributed by atoms with Crippen LogP contribution in [0.5, 0.6) is 0 Å². The Kier molecular flexibility index (Phi) is 4.93. The maximum Gasteiger partial charge on any atom is 0.159 e. The van der Waals surface area contributed by atoms with Gasteiger partial charge in [0.2, 0.25) is 0 Å². The topological polar surface area (TPSA) is 45.4 Å². The van der Waals surface area contributed by atoms with E-state index in [1.54, 1.807) is 0 Å². The number of nitrogens with zero attached hydrogens (tertiary/aromatic N) is 1. The third-order valence-corrected chi connectivity index (χ3v) is 7.11. The zero-order valence-corrected chi connectivity index (χ0v) is 18.4. The number of hydrogen-bond acceptors (Lipinski definition) is 2. The lowest BCUT2D eigenvalue weighted by Gasteiger charge is -2.36. The summed E-state index contributed by atoms with van der Waals surface area (Å²) in [7, 11) is 2.02. The minimum absolute atomic E-state index is 0.700. The number of aliphatic hydroxyl groups is 2. The van der Waals surface area contributed by atoms with Crippen LogP contribution in [0.2, 0.25) is 0 Å². The molecule has 0 saturated heterocycles. The first kappa shape index (κ1) is 20.6. The van der Waals surface area contributed by atoms with Gasteiger partial charge in [-0.15, -0.1) is 0 Å². The van der Waals surface area contributed by atoms with Crippen molar-refractivity contribution in [3.63, 3.8) is 0 Å². The number of aliphatic hydroxyl groups excluding tert-OH is 1. The van der Waals surface area contributed by atoms with Crippen molar-refractivity contribution in [1.29, 1.82) is 0 Å². The van der Waals surface area contributed by atoms with Gasteiger partial charge < -0.3 is 14.8 Å². The number of fused-ring (bicyclic) bond motifs is 1. The lowest BCUT2D eigenvalue weighted by molar-refractivity contribution is -0.0557. The molecular formula is C29H27NO2. The number of hydrogen-bond donors (Lipinski definition) is 2. The Bertz CT molecular complexity index is 1320. The summed E-state index contributed by atoms with van der Waals surface area (Å²) < 4.78 is 2.11. The highest BCUT2D eigenvalue weighted by Gasteiger charge is 2.64. The second kappa shape index (κ2) is 7.67. The average Bonchev–Trinajstić information content (AvgIpc) is 3.62. The number of para-hydroxylation sites is 1. The van der Waals surface area contributed by atoms with Gasteiger partial charge >= 0.3 is 0 Å². The van der Waals surface area contributed by atoms with Crippen LogP contribution in [0.3, 0.4) is 0 Å². The van der Waals surface area contributed by atoms with Crippen LogP contribution in [0.25, 0.3) is 10.9 Å². The molecule has 0 amide bonds. The molecule has 3 nitrogen and oxygen atoms in total. The molecule has 1 aromatic heterocycles. The third-order valence-electron chi connectivity index (χ3n) is 7.11. The standard InChI is InChI=1S/C29H27NO2/c1-21-26(24-15-9-10-16-25(24)30(21)2)27(31)28(19-20-28)29(32,23-13-7-4-8-14-23)18-17-22-11-5-3-6-12-22/h3-16,27,31-32H,19-20H2,1-2H3. The van der Waals surface area contributed by atoms with E-state index >= 15 is 0 Å². The molecule has 0 aliphatic heterocycles. The number of rotatable bonds is 4. The Labute approximate surface area is 189 Å². The number of aryl methyl sites for hydroxylation is 1. The monoisotopic (exact) mass is 421 g/mol. The minimum Gasteiger partial charge on any atom is -0.388 e. The number of benzene rings is 3. The molecule has 2 N–H and O–H groups in total. The van der Waals surface area contributed by atoms with E-state index in [1.807, 2.05) is 92.8 Å². The summed E-state index contributed by atoms with van der Waals surface area (Å²) in [6.45, 7) is 2.03. The highest BCUT2D eigenvalue weighted by molar-refractivity contribution is 5.86. The van der Waals surface area contributed by atoms with E-state index in [9.17, 15) is 10.2 Å². The van der Waals surface area contributed by atoms with Crippen LogP contribution in [-0.4, -0.2) is 14.8 Å². The molecule has 0 radical (unpaired) electrons. The molecule has 0 bridgehead atoms. The van der Waals surface area contributed by atoms with Gasteiger partial charge in [-0.05, 0) is 43.5 Å². The van der Waals surface area contributed by atoms with E-state index in [2.05, 4.69) is 22.5 Å². The molecule has 2 atom stereocenters. The van der Waals surface area contributed by atoms with Crippen LogP contribution in [0.15, 0.2) is 84.9 Å². The first-order chi connectivity index (χ1) is 15.5. The zero-order chi connectivity index (χ0) is 22.3. The van der Waals surface area contributed by atoms with E-state index in [4.69, 9.17) is 0 Å². The van der Waals surface area contributed by atoms with Gasteiger partial charge in [0.1, 0.15) is 0 Å². The summed E-state index contributed by atoms with van der Waals surface area (Å²) in [6.07, 6.45) is 0.557. The Morgan fingerprint density at radius 3 is 2.16 bits per heavy atom. The maximum absolute atomic E-state index is 12.2. The highest BCUT2D eigenvalue weighted by Crippen LogP contribution is 2.65. The fourth-order valence-corrected chi connectivity index (χ4v) is 4.99. The largest absolute Gasteiger partial charge is 0.388 e. The van der Waals surface area contributed by atoms with Crippen molar-refractivity contribution in [3.05, 3.63) is 107 Å². The molecular weight excluding hydrogens is 394 g/mol. The predicted molar refractivity (Wildman–Crippen MR) is 128 cm³/mol. The SMILES string of the molecule is Cc1c(C(O)C2(C(O)(C#Cc3ccccc3)c3ccccc3)CC2)c2ccccc2n1C. The molecule has 1 aliphatic carbocycles. The van der Waals surface area contributed by atoms with Gasteiger partial charge in [-0.3, -0.25) is 0 Å². The Morgan fingerprint density at radius 1 is 0.906 bits per heavy atom. The van der Waals surface area contributed by atoms with Crippen LogP contribution in [0, 0.1) is 24.2 Å². The lowest BCUT2D eigenvalue weighted by Crippen LogP contribution is -2.39. The minimum atomic E-state index is -1.48. The van der Waals surface area contributed by atoms with Crippen LogP contribution in [-0.2, 0) is 12.6 Å². The third kappa shape index (κ3) is 3.07. The zero-order valence-electron chi connectivity index (χ0n) is 18.4. The predicted octanol–water partition coefficient (Wildman–Crippen LogP) is 5.24. The van der Waals surface area contributed by atoms with Crippen molar-refractivity contribution in [3.8, 4) is 11.8 Å². The lowest BCUT2D eigenvalue weighted by atomic mass is 9.73. The van der Waals surface area contributed by atoms with Gasteiger partial charge in [-0.2, -0.15) is 0 Å². The molecule has 4 aromatic rings. The molecule has 32 heavy (non-hydrogen) atoms. The fraction of sp³-hybridized carbons (Fsp3) is 0.241. The Hall–Kier alpha value is -3.32. The van der Waals surface area contributed by atoms with Crippen LogP contribution >= 0.6 is 0 Å². The summed E-state index contributed by atoms with van der Waals surface area (Å²) in [5.74, 6) is 6.37. The van der Waals surface area contributed by atoms with Crippen molar-refractivity contribution < 1.29 is 10.2 Å². The fourth-order valence-electron chi connectivity index (χ4n) is 4.99. The van der Waals surface area contributed by atoms with Crippen molar-refractivity contribution in [2.75, 3.05) is 0 Å². The first-order valence-electron chi connectivity index (χ1n) is 11.1. The molecule has 1 heterocycles. The van der Waals surface area contributed by atoms with Crippen molar-refractivity contribution in [2.24, 2.45) is 12.5 Å². The summed E-state index contributed by atoms with van der Waals surface area (Å²) in [4.78, 5) is 0. The molecule has 160 valence electrons. The normalized spacial score (nSPS) is 17.2. The molecule has 3 aromatic carbocycles. The van der Waals surface area contributed by atoms with Crippen LogP contribution in [0.4, 0.5) is 0 Å². The van der Waals surface area contributed by atoms with E-state index in [0.29, 0.717) is 12.8 Å². The van der Waals surface area contributed by atoms with Crippen LogP contribution < -0.4 is 0 Å². The molecule has 2 unspecified atom stereocenters. The van der Waals surface area contributed by atoms with Crippen molar-refractivity contribution >= 4 is 10.9 Å². The maximum atomic E-state index is 12.2. The van der Waals surface area contributed by atoms with E-state index in [0.717, 1.165) is 33.3 Å². The molecule has 1 saturated carbocycles. The Morgan fingerprint density at radius 2 is 1.50 bits per heavy atom. The van der Waals surface area contributed by atoms with Crippen LogP contribution in [0.1, 0.15) is 41.3 Å². The molecule has 1 fully saturated rings. The van der Waals surface area contributed by atoms with E-state index in [-0.39, 0.29) is 0 Å². The van der Waals surface area contributed by atoms with Gasteiger partial charge in [0.25, 0.3) is 0 Å². The summed E-state index contributed by atoms with van der Waals surface area (Å²) in [5.41, 5.74) is 2.28. The van der Waals surface area contributed by atoms with E-state index in [1.165, 1.54) is 0 Å². The number of aromatic nitrogens is 1. The average molecular weight is 422 g/mol. The van der Waals surface area contributed by atoms with Gasteiger partial charge in [-0.25, -0.2) is 0 Å². The van der Waals surface area contributed by atoms with Gasteiger partial charge in [0, 0.05) is 40.2 Å². The van der Waals surface area contributed by atoms with Crippen molar-refractivity contribution in [1.82, 2.24) is 4.57 Å². The Balaban J connectivity index is 1.68. The molecule has 0 spiro atoms. The molecule has 1 aliphatic rings. The molecule has 3 heteroatoms. The molecule has 5 rings (SSSR count). The first-order valence-corrected chi connectivity index (χ1v) is 11.1. The van der Waals surface area contributed by atoms with Gasteiger partial charge in [0.05, 0.1) is 6.10 Å². The summed E-state index contributed by atoms with van der Waals surface area (Å²) >= 11 is 0. The summed E-state index contributed by atoms with van der Waals surface area (Å²) in [6, 6.07) is 27.4. The van der Waals surface area contributed by atoms with Gasteiger partial charge in [0.15, 0.2) is 5.60 Å². The highest BCUT2D eigenvalue weighted by atomic mass is 16.3. The van der Waals surface area contributed by atoms with Crippen molar-refractivity contribution in [2.45, 2.75) is 31.5 Å². The second-order valence-corrected chi connectivity index (χ2v) is 8.83. The second-order valence-electron chi connectivity index (χ2n) is 8.83. The summed E-state index contributed by atoms with van der Waals surface area (Å²) in [5, 5.41) is 25.1. The van der Waals surface area contributed by atoms with E-state index < -0.39 is 17.1 Å². The quantitative estimate of drug-likeness (QED) is 0.443. The smallest absolute Gasteiger partial charge is 0.159 e. The van der Waals surface area contributed by atoms with Gasteiger partial charge in [-0.1, -0.05) is 78.6 Å².